The van der Waals surface area contributed by atoms with Gasteiger partial charge in [0.1, 0.15) is 13.2 Å². The number of likely N-dealkylation sites (N-methyl/N-ethyl adjacent to an activating group) is 1. The maximum Gasteiger partial charge on any atom is 0.306 e. The van der Waals surface area contributed by atoms with Crippen molar-refractivity contribution in [3.05, 3.63) is 24.3 Å². The molecule has 9 nitrogen and oxygen atoms in total. The lowest BCUT2D eigenvalue weighted by molar-refractivity contribution is -0.870. The molecule has 0 rings (SSSR count). The van der Waals surface area contributed by atoms with E-state index in [1.165, 1.54) is 218 Å². The first-order chi connectivity index (χ1) is 35.1. The molecule has 72 heavy (non-hydrogen) atoms. The number of carbonyl (C=O) groups is 3. The van der Waals surface area contributed by atoms with E-state index in [0.717, 1.165) is 51.4 Å². The molecular formula is C63H119NO8. The third kappa shape index (κ3) is 55.5. The van der Waals surface area contributed by atoms with Crippen molar-refractivity contribution >= 4 is 17.9 Å². The van der Waals surface area contributed by atoms with Crippen LogP contribution in [0.15, 0.2) is 24.3 Å². The summed E-state index contributed by atoms with van der Waals surface area (Å²) in [5.41, 5.74) is 0. The summed E-state index contributed by atoms with van der Waals surface area (Å²) >= 11 is 0. The number of hydrogen-bond acceptors (Lipinski definition) is 8. The van der Waals surface area contributed by atoms with Gasteiger partial charge in [-0.2, -0.15) is 0 Å². The van der Waals surface area contributed by atoms with E-state index < -0.39 is 24.3 Å². The van der Waals surface area contributed by atoms with Crippen molar-refractivity contribution in [1.29, 1.82) is 0 Å². The summed E-state index contributed by atoms with van der Waals surface area (Å²) < 4.78 is 22.7. The van der Waals surface area contributed by atoms with E-state index in [-0.39, 0.29) is 32.2 Å². The molecule has 2 atom stereocenters. The number of unbranched alkanes of at least 4 members (excludes halogenated alkanes) is 39. The Morgan fingerprint density at radius 1 is 0.417 bits per heavy atom. The number of carboxylic acids is 1. The predicted octanol–water partition coefficient (Wildman–Crippen LogP) is 17.0. The number of allylic oxidation sites excluding steroid dienone is 4. The maximum absolute atomic E-state index is 12.9. The molecule has 0 amide bonds. The molecule has 0 saturated carbocycles. The Kier molecular flexibility index (Phi) is 53.3. The summed E-state index contributed by atoms with van der Waals surface area (Å²) in [6.07, 6.45) is 62.4. The molecule has 0 N–H and O–H groups in total. The molecule has 0 fully saturated rings. The van der Waals surface area contributed by atoms with Gasteiger partial charge in [0.2, 0.25) is 0 Å². The minimum absolute atomic E-state index is 0.149. The number of esters is 2. The second-order valence-electron chi connectivity index (χ2n) is 22.4. The molecule has 0 aliphatic rings. The third-order valence-corrected chi connectivity index (χ3v) is 14.0. The normalized spacial score (nSPS) is 12.8. The van der Waals surface area contributed by atoms with Crippen LogP contribution in [0, 0.1) is 0 Å². The monoisotopic (exact) mass is 1020 g/mol. The molecular weight excluding hydrogens is 899 g/mol. The van der Waals surface area contributed by atoms with Gasteiger partial charge in [-0.05, 0) is 44.9 Å². The van der Waals surface area contributed by atoms with Crippen molar-refractivity contribution in [3.8, 4) is 0 Å². The van der Waals surface area contributed by atoms with Crippen LogP contribution in [0.4, 0.5) is 0 Å². The highest BCUT2D eigenvalue weighted by atomic mass is 16.7. The predicted molar refractivity (Wildman–Crippen MR) is 302 cm³/mol. The zero-order valence-electron chi connectivity index (χ0n) is 48.3. The highest BCUT2D eigenvalue weighted by Crippen LogP contribution is 2.18. The smallest absolute Gasteiger partial charge is 0.306 e. The van der Waals surface area contributed by atoms with Crippen LogP contribution in [-0.2, 0) is 33.3 Å². The summed E-state index contributed by atoms with van der Waals surface area (Å²) in [5.74, 6) is -2.27. The fourth-order valence-electron chi connectivity index (χ4n) is 9.16. The molecule has 0 aromatic rings. The van der Waals surface area contributed by atoms with Crippen LogP contribution in [0.2, 0.25) is 0 Å². The first-order valence-electron chi connectivity index (χ1n) is 31.0. The van der Waals surface area contributed by atoms with E-state index in [1.807, 2.05) is 21.1 Å². The first-order valence-corrected chi connectivity index (χ1v) is 31.0. The summed E-state index contributed by atoms with van der Waals surface area (Å²) in [4.78, 5) is 37.3. The summed E-state index contributed by atoms with van der Waals surface area (Å²) in [6.45, 7) is 4.77. The SMILES string of the molecule is CCCCC/C=C\C/C=C\CCCCCCCCCCCC(=O)OC(COC(=O)CCCCCCCCCCCCCCCCCCCCCCCCCCCCCC)COC(OCC[N+](C)(C)C)C(=O)[O-]. The molecule has 9 heteroatoms. The molecule has 424 valence electrons. The van der Waals surface area contributed by atoms with Crippen LogP contribution in [0.1, 0.15) is 303 Å². The fraction of sp³-hybridized carbons (Fsp3) is 0.889. The Morgan fingerprint density at radius 2 is 0.750 bits per heavy atom. The second-order valence-corrected chi connectivity index (χ2v) is 22.4. The number of ether oxygens (including phenoxy) is 4. The van der Waals surface area contributed by atoms with Crippen molar-refractivity contribution in [2.45, 2.75) is 315 Å². The minimum Gasteiger partial charge on any atom is -0.545 e. The quantitative estimate of drug-likeness (QED) is 0.0195. The number of quaternary nitrogens is 1. The Bertz CT molecular complexity index is 1230. The highest BCUT2D eigenvalue weighted by molar-refractivity contribution is 5.70. The lowest BCUT2D eigenvalue weighted by atomic mass is 10.0. The van der Waals surface area contributed by atoms with Gasteiger partial charge in [0.15, 0.2) is 12.4 Å². The average Bonchev–Trinajstić information content (AvgIpc) is 3.35. The number of rotatable bonds is 58. The van der Waals surface area contributed by atoms with Gasteiger partial charge in [-0.1, -0.05) is 269 Å². The van der Waals surface area contributed by atoms with Crippen LogP contribution >= 0.6 is 0 Å². The molecule has 2 unspecified atom stereocenters. The topological polar surface area (TPSA) is 111 Å². The summed E-state index contributed by atoms with van der Waals surface area (Å²) in [5, 5.41) is 11.8. The van der Waals surface area contributed by atoms with Crippen LogP contribution in [-0.4, -0.2) is 82.3 Å². The Labute approximate surface area is 446 Å². The van der Waals surface area contributed by atoms with E-state index in [1.54, 1.807) is 0 Å². The van der Waals surface area contributed by atoms with E-state index in [9.17, 15) is 19.5 Å². The van der Waals surface area contributed by atoms with E-state index in [0.29, 0.717) is 23.9 Å². The number of aliphatic carboxylic acids is 1. The molecule has 0 aromatic heterocycles. The average molecular weight is 1020 g/mol. The van der Waals surface area contributed by atoms with Gasteiger partial charge in [-0.15, -0.1) is 0 Å². The maximum atomic E-state index is 12.9. The Morgan fingerprint density at radius 3 is 1.12 bits per heavy atom. The van der Waals surface area contributed by atoms with E-state index in [2.05, 4.69) is 38.2 Å². The summed E-state index contributed by atoms with van der Waals surface area (Å²) in [6, 6.07) is 0. The first kappa shape index (κ1) is 69.8. The lowest BCUT2D eigenvalue weighted by Crippen LogP contribution is -2.44. The third-order valence-electron chi connectivity index (χ3n) is 14.0. The van der Waals surface area contributed by atoms with Crippen LogP contribution in [0.3, 0.4) is 0 Å². The van der Waals surface area contributed by atoms with Crippen molar-refractivity contribution < 1.29 is 42.9 Å². The van der Waals surface area contributed by atoms with Gasteiger partial charge in [-0.3, -0.25) is 9.59 Å². The summed E-state index contributed by atoms with van der Waals surface area (Å²) in [7, 11) is 5.93. The second kappa shape index (κ2) is 55.0. The van der Waals surface area contributed by atoms with Gasteiger partial charge in [-0.25, -0.2) is 0 Å². The number of hydrogen-bond donors (Lipinski definition) is 0. The van der Waals surface area contributed by atoms with Crippen molar-refractivity contribution in [1.82, 2.24) is 0 Å². The zero-order chi connectivity index (χ0) is 52.7. The lowest BCUT2D eigenvalue weighted by Gasteiger charge is -2.26. The van der Waals surface area contributed by atoms with Gasteiger partial charge in [0.05, 0.1) is 40.3 Å². The molecule has 0 saturated heterocycles. The van der Waals surface area contributed by atoms with E-state index >= 15 is 0 Å². The zero-order valence-corrected chi connectivity index (χ0v) is 48.3. The Balaban J connectivity index is 4.12. The van der Waals surface area contributed by atoms with Gasteiger partial charge < -0.3 is 33.3 Å². The number of nitrogens with zero attached hydrogens (tertiary/aromatic N) is 1. The van der Waals surface area contributed by atoms with Crippen LogP contribution in [0.5, 0.6) is 0 Å². The van der Waals surface area contributed by atoms with Crippen LogP contribution in [0.25, 0.3) is 0 Å². The molecule has 0 aliphatic heterocycles. The van der Waals surface area contributed by atoms with Gasteiger partial charge >= 0.3 is 11.9 Å². The molecule has 0 heterocycles. The Hall–Kier alpha value is -2.23. The van der Waals surface area contributed by atoms with E-state index in [4.69, 9.17) is 18.9 Å². The van der Waals surface area contributed by atoms with Gasteiger partial charge in [0.25, 0.3) is 0 Å². The fourth-order valence-corrected chi connectivity index (χ4v) is 9.16. The van der Waals surface area contributed by atoms with Crippen molar-refractivity contribution in [2.75, 3.05) is 47.5 Å². The molecule has 0 radical (unpaired) electrons. The molecule has 0 bridgehead atoms. The minimum atomic E-state index is -1.62. The molecule has 0 spiro atoms. The van der Waals surface area contributed by atoms with Crippen molar-refractivity contribution in [3.63, 3.8) is 0 Å². The highest BCUT2D eigenvalue weighted by Gasteiger charge is 2.22. The van der Waals surface area contributed by atoms with Gasteiger partial charge in [0, 0.05) is 12.8 Å². The standard InChI is InChI=1S/C63H119NO8/c1-6-8-10-12-14-16-18-20-22-24-26-27-28-29-30-31-32-33-34-36-37-39-41-43-45-47-49-51-53-60(65)70-57-59(58-71-63(62(67)68)69-56-55-64(3,4)5)72-61(66)54-52-50-48-46-44-42-40-38-35-25-23-21-19-17-15-13-11-9-7-2/h15,17,21,23,59,63H,6-14,16,18-20,22,24-58H2,1-5H3/b17-15-,23-21-. The largest absolute Gasteiger partial charge is 0.545 e. The number of carboxylic acid groups (broad SMARTS) is 1. The van der Waals surface area contributed by atoms with Crippen LogP contribution < -0.4 is 5.11 Å². The number of carbonyl (C=O) groups excluding carboxylic acids is 3. The van der Waals surface area contributed by atoms with Crippen molar-refractivity contribution in [2.24, 2.45) is 0 Å². The molecule has 0 aromatic carbocycles. The molecule has 0 aliphatic carbocycles.